The number of hydrogen-bond donors (Lipinski definition) is 1. The van der Waals surface area contributed by atoms with Gasteiger partial charge < -0.3 is 5.73 Å². The summed E-state index contributed by atoms with van der Waals surface area (Å²) in [5.74, 6) is 0. The van der Waals surface area contributed by atoms with E-state index in [1.807, 2.05) is 48.5 Å². The van der Waals surface area contributed by atoms with Crippen LogP contribution >= 0.6 is 0 Å². The molecule has 0 radical (unpaired) electrons. The number of nitrogen functional groups attached to an aromatic ring is 1. The molecule has 0 saturated heterocycles. The number of nitrogens with two attached hydrogens (primary N) is 1. The molecule has 0 aromatic heterocycles. The molecular weight excluding hydrogens is 242 g/mol. The highest BCUT2D eigenvalue weighted by atomic mass is 32.2. The smallest absolute Gasteiger partial charge is 0.0642 e. The zero-order valence-corrected chi connectivity index (χ0v) is 11.2. The highest BCUT2D eigenvalue weighted by molar-refractivity contribution is 7.85. The van der Waals surface area contributed by atoms with Crippen LogP contribution in [0.2, 0.25) is 0 Å². The first kappa shape index (κ1) is 12.8. The minimum Gasteiger partial charge on any atom is -0.398 e. The molecule has 2 rings (SSSR count). The topological polar surface area (TPSA) is 43.1 Å². The summed E-state index contributed by atoms with van der Waals surface area (Å²) in [4.78, 5) is 0.730. The lowest BCUT2D eigenvalue weighted by Gasteiger charge is -2.16. The van der Waals surface area contributed by atoms with Crippen LogP contribution in [-0.2, 0) is 10.8 Å². The van der Waals surface area contributed by atoms with E-state index < -0.39 is 10.8 Å². The first-order valence-electron chi connectivity index (χ1n) is 6.04. The van der Waals surface area contributed by atoms with Crippen LogP contribution in [-0.4, -0.2) is 4.21 Å². The molecule has 0 bridgehead atoms. The average molecular weight is 259 g/mol. The molecule has 0 aliphatic heterocycles. The lowest BCUT2D eigenvalue weighted by Crippen LogP contribution is -2.08. The maximum Gasteiger partial charge on any atom is 0.0642 e. The third kappa shape index (κ3) is 2.62. The Balaban J connectivity index is 2.35. The Morgan fingerprint density at radius 1 is 1.06 bits per heavy atom. The molecule has 2 atom stereocenters. The third-order valence-electron chi connectivity index (χ3n) is 2.94. The average Bonchev–Trinajstić information content (AvgIpc) is 2.41. The van der Waals surface area contributed by atoms with Gasteiger partial charge in [-0.15, -0.1) is 0 Å². The summed E-state index contributed by atoms with van der Waals surface area (Å²) in [5, 5.41) is -0.00380. The van der Waals surface area contributed by atoms with Crippen LogP contribution in [0.5, 0.6) is 0 Å². The second-order valence-corrected chi connectivity index (χ2v) is 5.75. The normalized spacial score (nSPS) is 14.1. The van der Waals surface area contributed by atoms with Crippen LogP contribution in [0.3, 0.4) is 0 Å². The van der Waals surface area contributed by atoms with Crippen LogP contribution in [0.4, 0.5) is 5.69 Å². The van der Waals surface area contributed by atoms with Crippen molar-refractivity contribution in [3.8, 4) is 0 Å². The summed E-state index contributed by atoms with van der Waals surface area (Å²) in [6, 6.07) is 17.3. The van der Waals surface area contributed by atoms with Crippen molar-refractivity contribution in [2.75, 3.05) is 5.73 Å². The van der Waals surface area contributed by atoms with Crippen molar-refractivity contribution in [2.45, 2.75) is 23.5 Å². The maximum atomic E-state index is 12.6. The van der Waals surface area contributed by atoms with Crippen LogP contribution in [0, 0.1) is 0 Å². The molecule has 0 aliphatic carbocycles. The summed E-state index contributed by atoms with van der Waals surface area (Å²) < 4.78 is 12.6. The predicted molar refractivity (Wildman–Crippen MR) is 76.7 cm³/mol. The maximum absolute atomic E-state index is 12.6. The molecule has 94 valence electrons. The van der Waals surface area contributed by atoms with Crippen LogP contribution in [0.15, 0.2) is 59.5 Å². The highest BCUT2D eigenvalue weighted by Crippen LogP contribution is 2.30. The second-order valence-electron chi connectivity index (χ2n) is 4.14. The van der Waals surface area contributed by atoms with Crippen molar-refractivity contribution >= 4 is 16.5 Å². The zero-order valence-electron chi connectivity index (χ0n) is 10.4. The minimum atomic E-state index is -1.11. The number of para-hydroxylation sites is 1. The number of hydrogen-bond acceptors (Lipinski definition) is 2. The Bertz CT molecular complexity index is 539. The monoisotopic (exact) mass is 259 g/mol. The number of benzene rings is 2. The fourth-order valence-corrected chi connectivity index (χ4v) is 3.52. The number of anilines is 1. The number of rotatable bonds is 4. The Morgan fingerprint density at radius 2 is 1.67 bits per heavy atom. The molecule has 0 heterocycles. The second kappa shape index (κ2) is 5.83. The van der Waals surface area contributed by atoms with Crippen molar-refractivity contribution in [1.29, 1.82) is 0 Å². The van der Waals surface area contributed by atoms with E-state index in [1.165, 1.54) is 0 Å². The van der Waals surface area contributed by atoms with Crippen molar-refractivity contribution in [3.63, 3.8) is 0 Å². The fourth-order valence-electron chi connectivity index (χ4n) is 2.00. The van der Waals surface area contributed by atoms with Gasteiger partial charge in [0.25, 0.3) is 0 Å². The molecule has 0 unspecified atom stereocenters. The Kier molecular flexibility index (Phi) is 4.15. The van der Waals surface area contributed by atoms with Gasteiger partial charge in [0.15, 0.2) is 0 Å². The van der Waals surface area contributed by atoms with Gasteiger partial charge in [0.1, 0.15) is 0 Å². The quantitative estimate of drug-likeness (QED) is 0.854. The van der Waals surface area contributed by atoms with E-state index in [4.69, 9.17) is 5.73 Å². The molecule has 2 aromatic rings. The molecule has 0 saturated carbocycles. The first-order valence-corrected chi connectivity index (χ1v) is 7.25. The largest absolute Gasteiger partial charge is 0.398 e. The van der Waals surface area contributed by atoms with Gasteiger partial charge in [-0.25, -0.2) is 0 Å². The lowest BCUT2D eigenvalue weighted by atomic mass is 10.1. The molecule has 0 spiro atoms. The molecule has 2 N–H and O–H groups in total. The summed E-state index contributed by atoms with van der Waals surface area (Å²) in [6.07, 6.45) is 0.824. The van der Waals surface area contributed by atoms with E-state index in [0.717, 1.165) is 16.9 Å². The van der Waals surface area contributed by atoms with E-state index in [1.54, 1.807) is 6.07 Å². The zero-order chi connectivity index (χ0) is 13.0. The van der Waals surface area contributed by atoms with Gasteiger partial charge in [-0.3, -0.25) is 4.21 Å². The summed E-state index contributed by atoms with van der Waals surface area (Å²) in [5.41, 5.74) is 7.60. The van der Waals surface area contributed by atoms with Gasteiger partial charge in [0.2, 0.25) is 0 Å². The van der Waals surface area contributed by atoms with Gasteiger partial charge in [-0.05, 0) is 24.1 Å². The fraction of sp³-hybridized carbons (Fsp3) is 0.200. The summed E-state index contributed by atoms with van der Waals surface area (Å²) >= 11 is 0. The predicted octanol–water partition coefficient (Wildman–Crippen LogP) is 3.53. The Hall–Kier alpha value is -1.61. The van der Waals surface area contributed by atoms with Gasteiger partial charge in [0, 0.05) is 5.69 Å². The van der Waals surface area contributed by atoms with Gasteiger partial charge in [-0.1, -0.05) is 49.4 Å². The van der Waals surface area contributed by atoms with Crippen LogP contribution in [0.25, 0.3) is 0 Å². The van der Waals surface area contributed by atoms with Crippen LogP contribution in [0.1, 0.15) is 24.2 Å². The molecule has 0 fully saturated rings. The standard InChI is InChI=1S/C15H17NOS/c1-2-14(12-8-4-3-5-9-12)18(17)15-11-7-6-10-13(15)16/h3-11,14H,2,16H2,1H3/t14-,18+/m0/s1. The van der Waals surface area contributed by atoms with E-state index >= 15 is 0 Å². The van der Waals surface area contributed by atoms with Gasteiger partial charge in [0.05, 0.1) is 20.9 Å². The molecule has 0 amide bonds. The van der Waals surface area contributed by atoms with Gasteiger partial charge in [-0.2, -0.15) is 0 Å². The Labute approximate surface area is 110 Å². The molecule has 3 heteroatoms. The van der Waals surface area contributed by atoms with Crippen molar-refractivity contribution < 1.29 is 4.21 Å². The third-order valence-corrected chi connectivity index (χ3v) is 4.86. The highest BCUT2D eigenvalue weighted by Gasteiger charge is 2.19. The van der Waals surface area contributed by atoms with Crippen molar-refractivity contribution in [2.24, 2.45) is 0 Å². The van der Waals surface area contributed by atoms with E-state index in [9.17, 15) is 4.21 Å². The SMILES string of the molecule is CC[C@@H](c1ccccc1)[S@@](=O)c1ccccc1N. The van der Waals surface area contributed by atoms with Crippen LogP contribution < -0.4 is 5.73 Å². The summed E-state index contributed by atoms with van der Waals surface area (Å²) in [7, 11) is -1.11. The van der Waals surface area contributed by atoms with Crippen molar-refractivity contribution in [1.82, 2.24) is 0 Å². The first-order chi connectivity index (χ1) is 8.74. The molecule has 2 nitrogen and oxygen atoms in total. The molecular formula is C15H17NOS. The van der Waals surface area contributed by atoms with Crippen molar-refractivity contribution in [3.05, 3.63) is 60.2 Å². The van der Waals surface area contributed by atoms with E-state index in [-0.39, 0.29) is 5.25 Å². The summed E-state index contributed by atoms with van der Waals surface area (Å²) in [6.45, 7) is 2.05. The molecule has 0 aliphatic rings. The lowest BCUT2D eigenvalue weighted by molar-refractivity contribution is 0.669. The molecule has 2 aromatic carbocycles. The van der Waals surface area contributed by atoms with E-state index in [0.29, 0.717) is 5.69 Å². The molecule has 18 heavy (non-hydrogen) atoms. The minimum absolute atomic E-state index is 0.00380. The van der Waals surface area contributed by atoms with Gasteiger partial charge >= 0.3 is 0 Å². The Morgan fingerprint density at radius 3 is 2.28 bits per heavy atom. The van der Waals surface area contributed by atoms with E-state index in [2.05, 4.69) is 6.92 Å².